The van der Waals surface area contributed by atoms with Crippen LogP contribution in [-0.2, 0) is 4.74 Å². The van der Waals surface area contributed by atoms with Gasteiger partial charge in [0.25, 0.3) is 0 Å². The van der Waals surface area contributed by atoms with Gasteiger partial charge in [0.15, 0.2) is 17.7 Å². The van der Waals surface area contributed by atoms with Crippen molar-refractivity contribution in [1.82, 2.24) is 24.8 Å². The van der Waals surface area contributed by atoms with Gasteiger partial charge in [-0.1, -0.05) is 26.7 Å². The van der Waals surface area contributed by atoms with E-state index in [9.17, 15) is 10.2 Å². The number of anilines is 1. The monoisotopic (exact) mass is 452 g/mol. The summed E-state index contributed by atoms with van der Waals surface area (Å²) in [6, 6.07) is 0. The van der Waals surface area contributed by atoms with Crippen LogP contribution in [0, 0.1) is 0 Å². The molecule has 1 saturated heterocycles. The van der Waals surface area contributed by atoms with Crippen molar-refractivity contribution < 1.29 is 14.9 Å². The number of hydrogen-bond donors (Lipinski definition) is 4. The summed E-state index contributed by atoms with van der Waals surface area (Å²) in [4.78, 5) is 12.4. The molecule has 2 aromatic heterocycles. The fourth-order valence-corrected chi connectivity index (χ4v) is 5.20. The van der Waals surface area contributed by atoms with Crippen LogP contribution >= 0.6 is 11.8 Å². The van der Waals surface area contributed by atoms with E-state index in [1.807, 2.05) is 11.8 Å². The van der Waals surface area contributed by atoms with Crippen LogP contribution in [0.2, 0.25) is 0 Å². The molecular formula is C21H36N6O3S. The van der Waals surface area contributed by atoms with Gasteiger partial charge in [-0.15, -0.1) is 0 Å². The van der Waals surface area contributed by atoms with Crippen LogP contribution < -0.4 is 11.1 Å². The molecule has 0 amide bonds. The van der Waals surface area contributed by atoms with Gasteiger partial charge in [0.05, 0.1) is 12.4 Å². The SMILES string of the molecule is CCCNCCCCCC(CC)SC[C@H]1OC(n2cnc3c(N)ncnc32)[C@H](O)[C@@H]1O. The van der Waals surface area contributed by atoms with Gasteiger partial charge in [-0.05, 0) is 38.8 Å². The molecule has 3 heterocycles. The lowest BCUT2D eigenvalue weighted by Crippen LogP contribution is -2.33. The molecule has 0 aromatic carbocycles. The maximum atomic E-state index is 10.6. The molecule has 0 radical (unpaired) electrons. The fraction of sp³-hybridized carbons (Fsp3) is 0.762. The van der Waals surface area contributed by atoms with Crippen LogP contribution in [0.3, 0.4) is 0 Å². The number of imidazole rings is 1. The minimum absolute atomic E-state index is 0.274. The minimum atomic E-state index is -1.06. The van der Waals surface area contributed by atoms with E-state index in [1.165, 1.54) is 38.3 Å². The van der Waals surface area contributed by atoms with Crippen LogP contribution in [0.1, 0.15) is 58.6 Å². The predicted molar refractivity (Wildman–Crippen MR) is 124 cm³/mol. The van der Waals surface area contributed by atoms with Crippen molar-refractivity contribution in [1.29, 1.82) is 0 Å². The average Bonchev–Trinajstić information content (AvgIpc) is 3.32. The first-order chi connectivity index (χ1) is 15.1. The van der Waals surface area contributed by atoms with Crippen LogP contribution in [-0.4, -0.2) is 72.1 Å². The first-order valence-electron chi connectivity index (χ1n) is 11.3. The molecule has 10 heteroatoms. The number of aromatic nitrogens is 4. The molecule has 1 aliphatic rings. The lowest BCUT2D eigenvalue weighted by atomic mass is 10.1. The zero-order valence-corrected chi connectivity index (χ0v) is 19.3. The van der Waals surface area contributed by atoms with Gasteiger partial charge in [-0.25, -0.2) is 15.0 Å². The molecule has 3 rings (SSSR count). The fourth-order valence-electron chi connectivity index (χ4n) is 3.89. The molecule has 174 valence electrons. The Labute approximate surface area is 188 Å². The van der Waals surface area contributed by atoms with Gasteiger partial charge >= 0.3 is 0 Å². The van der Waals surface area contributed by atoms with E-state index in [1.54, 1.807) is 4.57 Å². The molecule has 0 bridgehead atoms. The van der Waals surface area contributed by atoms with E-state index in [0.717, 1.165) is 25.9 Å². The van der Waals surface area contributed by atoms with E-state index in [-0.39, 0.29) is 5.82 Å². The second kappa shape index (κ2) is 12.0. The van der Waals surface area contributed by atoms with Gasteiger partial charge in [-0.3, -0.25) is 4.57 Å². The minimum Gasteiger partial charge on any atom is -0.387 e. The van der Waals surface area contributed by atoms with Crippen LogP contribution in [0.4, 0.5) is 5.82 Å². The number of aliphatic hydroxyl groups excluding tert-OH is 2. The van der Waals surface area contributed by atoms with E-state index in [0.29, 0.717) is 22.2 Å². The van der Waals surface area contributed by atoms with Gasteiger partial charge in [0.2, 0.25) is 0 Å². The Hall–Kier alpha value is -1.46. The molecule has 0 saturated carbocycles. The van der Waals surface area contributed by atoms with Crippen LogP contribution in [0.25, 0.3) is 11.2 Å². The standard InChI is InChI=1S/C21H36N6O3S/c1-3-9-23-10-7-5-6-8-14(4-2)31-11-15-17(28)18(29)21(30-15)27-13-26-16-19(22)24-12-25-20(16)27/h12-15,17-18,21,23,28-29H,3-11H2,1-2H3,(H2,22,24,25)/t14?,15-,17-,18-,21?/m1/s1. The third-order valence-corrected chi connectivity index (χ3v) is 7.32. The summed E-state index contributed by atoms with van der Waals surface area (Å²) in [5, 5.41) is 25.1. The van der Waals surface area contributed by atoms with E-state index >= 15 is 0 Å². The van der Waals surface area contributed by atoms with Crippen molar-refractivity contribution in [2.45, 2.75) is 82.2 Å². The maximum absolute atomic E-state index is 10.6. The summed E-state index contributed by atoms with van der Waals surface area (Å²) >= 11 is 1.82. The Bertz CT molecular complexity index is 807. The summed E-state index contributed by atoms with van der Waals surface area (Å²) in [5.41, 5.74) is 6.79. The number of nitrogen functional groups attached to an aromatic ring is 1. The van der Waals surface area contributed by atoms with E-state index in [2.05, 4.69) is 34.1 Å². The highest BCUT2D eigenvalue weighted by molar-refractivity contribution is 7.99. The number of nitrogens with one attached hydrogen (secondary N) is 1. The molecule has 31 heavy (non-hydrogen) atoms. The summed E-state index contributed by atoms with van der Waals surface area (Å²) in [6.07, 6.45) is 6.72. The number of thioether (sulfide) groups is 1. The average molecular weight is 453 g/mol. The second-order valence-electron chi connectivity index (χ2n) is 8.09. The number of hydrogen-bond acceptors (Lipinski definition) is 9. The highest BCUT2D eigenvalue weighted by atomic mass is 32.2. The molecular weight excluding hydrogens is 416 g/mol. The number of fused-ring (bicyclic) bond motifs is 1. The number of nitrogens with zero attached hydrogens (tertiary/aromatic N) is 4. The molecule has 5 N–H and O–H groups in total. The zero-order valence-electron chi connectivity index (χ0n) is 18.5. The highest BCUT2D eigenvalue weighted by Gasteiger charge is 2.44. The third-order valence-electron chi connectivity index (χ3n) is 5.76. The quantitative estimate of drug-likeness (QED) is 0.337. The molecule has 2 unspecified atom stereocenters. The Kier molecular flexibility index (Phi) is 9.33. The van der Waals surface area contributed by atoms with Gasteiger partial charge in [0, 0.05) is 11.0 Å². The lowest BCUT2D eigenvalue weighted by Gasteiger charge is -2.19. The molecule has 1 fully saturated rings. The molecule has 9 nitrogen and oxygen atoms in total. The second-order valence-corrected chi connectivity index (χ2v) is 9.43. The number of unbranched alkanes of at least 4 members (excludes halogenated alkanes) is 2. The number of aliphatic hydroxyl groups is 2. The Balaban J connectivity index is 1.49. The Morgan fingerprint density at radius 2 is 2.00 bits per heavy atom. The molecule has 1 aliphatic heterocycles. The molecule has 0 aliphatic carbocycles. The van der Waals surface area contributed by atoms with Gasteiger partial charge in [-0.2, -0.15) is 11.8 Å². The van der Waals surface area contributed by atoms with Crippen molar-refractivity contribution in [2.75, 3.05) is 24.6 Å². The smallest absolute Gasteiger partial charge is 0.167 e. The summed E-state index contributed by atoms with van der Waals surface area (Å²) in [6.45, 7) is 6.58. The predicted octanol–water partition coefficient (Wildman–Crippen LogP) is 2.10. The van der Waals surface area contributed by atoms with E-state index in [4.69, 9.17) is 10.5 Å². The van der Waals surface area contributed by atoms with Crippen molar-refractivity contribution >= 4 is 28.7 Å². The normalized spacial score (nSPS) is 24.8. The largest absolute Gasteiger partial charge is 0.387 e. The van der Waals surface area contributed by atoms with Crippen molar-refractivity contribution in [2.24, 2.45) is 0 Å². The molecule has 0 spiro atoms. The zero-order chi connectivity index (χ0) is 22.2. The van der Waals surface area contributed by atoms with Crippen LogP contribution in [0.15, 0.2) is 12.7 Å². The van der Waals surface area contributed by atoms with Crippen LogP contribution in [0.5, 0.6) is 0 Å². The number of ether oxygens (including phenoxy) is 1. The lowest BCUT2D eigenvalue weighted by molar-refractivity contribution is -0.0289. The van der Waals surface area contributed by atoms with Gasteiger partial charge in [0.1, 0.15) is 24.1 Å². The number of rotatable bonds is 13. The van der Waals surface area contributed by atoms with Gasteiger partial charge < -0.3 is 26.0 Å². The van der Waals surface area contributed by atoms with Crippen molar-refractivity contribution in [3.8, 4) is 0 Å². The molecule has 2 aromatic rings. The Morgan fingerprint density at radius 3 is 2.77 bits per heavy atom. The van der Waals surface area contributed by atoms with E-state index < -0.39 is 24.5 Å². The molecule has 5 atom stereocenters. The Morgan fingerprint density at radius 1 is 1.16 bits per heavy atom. The summed E-state index contributed by atoms with van der Waals surface area (Å²) < 4.78 is 7.67. The topological polar surface area (TPSA) is 131 Å². The first-order valence-corrected chi connectivity index (χ1v) is 12.4. The summed E-state index contributed by atoms with van der Waals surface area (Å²) in [7, 11) is 0. The third kappa shape index (κ3) is 6.07. The van der Waals surface area contributed by atoms with Crippen molar-refractivity contribution in [3.05, 3.63) is 12.7 Å². The van der Waals surface area contributed by atoms with Crippen molar-refractivity contribution in [3.63, 3.8) is 0 Å². The first kappa shape index (κ1) is 24.2. The summed E-state index contributed by atoms with van der Waals surface area (Å²) in [5.74, 6) is 0.908. The highest BCUT2D eigenvalue weighted by Crippen LogP contribution is 2.34. The number of nitrogens with two attached hydrogens (primary N) is 1. The maximum Gasteiger partial charge on any atom is 0.167 e.